The molecule has 0 saturated carbocycles. The number of carbonyl (C=O) groups excluding carboxylic acids is 1. The first-order valence-corrected chi connectivity index (χ1v) is 6.86. The van der Waals surface area contributed by atoms with Crippen molar-refractivity contribution < 1.29 is 14.5 Å². The third-order valence-corrected chi connectivity index (χ3v) is 3.73. The molecule has 0 unspecified atom stereocenters. The van der Waals surface area contributed by atoms with Crippen molar-refractivity contribution in [3.8, 4) is 5.75 Å². The van der Waals surface area contributed by atoms with Crippen molar-refractivity contribution in [3.05, 3.63) is 67.7 Å². The number of nitro benzene ring substituents is 1. The van der Waals surface area contributed by atoms with Crippen LogP contribution in [0.2, 0.25) is 0 Å². The van der Waals surface area contributed by atoms with Crippen LogP contribution in [0.1, 0.15) is 21.5 Å². The Morgan fingerprint density at radius 1 is 1.19 bits per heavy atom. The molecule has 0 aliphatic rings. The Balaban J connectivity index is 2.43. The minimum absolute atomic E-state index is 0.133. The molecule has 6 heteroatoms. The van der Waals surface area contributed by atoms with E-state index in [4.69, 9.17) is 4.74 Å². The Hall–Kier alpha value is -2.21. The van der Waals surface area contributed by atoms with Gasteiger partial charge in [-0.15, -0.1) is 0 Å². The summed E-state index contributed by atoms with van der Waals surface area (Å²) in [5, 5.41) is 10.9. The summed E-state index contributed by atoms with van der Waals surface area (Å²) < 4.78 is 5.49. The van der Waals surface area contributed by atoms with Crippen LogP contribution in [0.4, 0.5) is 5.69 Å². The number of methoxy groups -OCH3 is 1. The Labute approximate surface area is 129 Å². The van der Waals surface area contributed by atoms with Crippen molar-refractivity contribution in [2.24, 2.45) is 0 Å². The van der Waals surface area contributed by atoms with Crippen LogP contribution < -0.4 is 4.74 Å². The number of aryl methyl sites for hydroxylation is 1. The fraction of sp³-hybridized carbons (Fsp3) is 0.133. The summed E-state index contributed by atoms with van der Waals surface area (Å²) in [5.74, 6) is 0.421. The lowest BCUT2D eigenvalue weighted by Crippen LogP contribution is -2.03. The number of nitrogens with zero attached hydrogens (tertiary/aromatic N) is 1. The molecule has 0 N–H and O–H groups in total. The topological polar surface area (TPSA) is 69.4 Å². The van der Waals surface area contributed by atoms with Crippen molar-refractivity contribution in [3.63, 3.8) is 0 Å². The van der Waals surface area contributed by atoms with E-state index in [2.05, 4.69) is 15.9 Å². The molecule has 108 valence electrons. The lowest BCUT2D eigenvalue weighted by atomic mass is 10.0. The molecule has 2 aromatic carbocycles. The molecule has 2 rings (SSSR count). The summed E-state index contributed by atoms with van der Waals surface area (Å²) in [6, 6.07) is 9.37. The maximum atomic E-state index is 12.4. The molecule has 0 heterocycles. The molecule has 0 atom stereocenters. The summed E-state index contributed by atoms with van der Waals surface area (Å²) in [5.41, 5.74) is 1.43. The van der Waals surface area contributed by atoms with Crippen LogP contribution in [0, 0.1) is 17.0 Å². The second kappa shape index (κ2) is 6.05. The van der Waals surface area contributed by atoms with Crippen LogP contribution in [0.5, 0.6) is 5.75 Å². The maximum Gasteiger partial charge on any atom is 0.284 e. The van der Waals surface area contributed by atoms with E-state index in [0.717, 1.165) is 5.56 Å². The summed E-state index contributed by atoms with van der Waals surface area (Å²) in [6.45, 7) is 1.83. The molecule has 0 aromatic heterocycles. The molecule has 0 aliphatic carbocycles. The predicted octanol–water partition coefficient (Wildman–Crippen LogP) is 3.91. The molecule has 21 heavy (non-hydrogen) atoms. The Morgan fingerprint density at radius 3 is 2.38 bits per heavy atom. The Bertz CT molecular complexity index is 728. The first-order valence-electron chi connectivity index (χ1n) is 6.07. The zero-order chi connectivity index (χ0) is 15.6. The molecule has 0 bridgehead atoms. The van der Waals surface area contributed by atoms with E-state index in [9.17, 15) is 14.9 Å². The largest absolute Gasteiger partial charge is 0.496 e. The zero-order valence-electron chi connectivity index (χ0n) is 11.4. The van der Waals surface area contributed by atoms with Crippen molar-refractivity contribution in [2.75, 3.05) is 7.11 Å². The van der Waals surface area contributed by atoms with Gasteiger partial charge >= 0.3 is 0 Å². The van der Waals surface area contributed by atoms with Gasteiger partial charge < -0.3 is 4.74 Å². The second-order valence-corrected chi connectivity index (χ2v) is 5.29. The summed E-state index contributed by atoms with van der Waals surface area (Å²) in [7, 11) is 1.56. The normalized spacial score (nSPS) is 10.2. The van der Waals surface area contributed by atoms with Gasteiger partial charge in [-0.25, -0.2) is 0 Å². The number of benzene rings is 2. The number of ether oxygens (including phenoxy) is 1. The zero-order valence-corrected chi connectivity index (χ0v) is 13.0. The van der Waals surface area contributed by atoms with Gasteiger partial charge in [0.1, 0.15) is 5.75 Å². The lowest BCUT2D eigenvalue weighted by Gasteiger charge is -2.07. The van der Waals surface area contributed by atoms with Crippen LogP contribution in [-0.2, 0) is 0 Å². The molecule has 0 amide bonds. The van der Waals surface area contributed by atoms with Gasteiger partial charge in [-0.2, -0.15) is 0 Å². The van der Waals surface area contributed by atoms with Gasteiger partial charge in [-0.3, -0.25) is 14.9 Å². The van der Waals surface area contributed by atoms with Gasteiger partial charge in [0.05, 0.1) is 16.5 Å². The predicted molar refractivity (Wildman–Crippen MR) is 82.0 cm³/mol. The lowest BCUT2D eigenvalue weighted by molar-refractivity contribution is -0.385. The number of hydrogen-bond acceptors (Lipinski definition) is 4. The number of halogens is 1. The monoisotopic (exact) mass is 349 g/mol. The minimum atomic E-state index is -0.528. The molecule has 5 nitrogen and oxygen atoms in total. The van der Waals surface area contributed by atoms with Crippen LogP contribution in [-0.4, -0.2) is 17.8 Å². The van der Waals surface area contributed by atoms with Crippen LogP contribution in [0.25, 0.3) is 0 Å². The third-order valence-electron chi connectivity index (χ3n) is 3.06. The van der Waals surface area contributed by atoms with Gasteiger partial charge in [-0.1, -0.05) is 0 Å². The van der Waals surface area contributed by atoms with E-state index in [1.165, 1.54) is 12.1 Å². The fourth-order valence-corrected chi connectivity index (χ4v) is 2.37. The highest BCUT2D eigenvalue weighted by molar-refractivity contribution is 9.10. The minimum Gasteiger partial charge on any atom is -0.496 e. The highest BCUT2D eigenvalue weighted by Gasteiger charge is 2.17. The fourth-order valence-electron chi connectivity index (χ4n) is 1.98. The number of nitro groups is 1. The van der Waals surface area contributed by atoms with Crippen molar-refractivity contribution >= 4 is 27.4 Å². The molecule has 0 spiro atoms. The van der Waals surface area contributed by atoms with Gasteiger partial charge in [0.25, 0.3) is 5.69 Å². The molecule has 0 radical (unpaired) electrons. The number of rotatable bonds is 4. The smallest absolute Gasteiger partial charge is 0.284 e. The van der Waals surface area contributed by atoms with E-state index in [-0.39, 0.29) is 17.0 Å². The molecule has 0 saturated heterocycles. The summed E-state index contributed by atoms with van der Waals surface area (Å²) >= 11 is 3.10. The van der Waals surface area contributed by atoms with Crippen molar-refractivity contribution in [1.82, 2.24) is 0 Å². The van der Waals surface area contributed by atoms with Gasteiger partial charge in [0, 0.05) is 17.2 Å². The average Bonchev–Trinajstić information content (AvgIpc) is 2.46. The van der Waals surface area contributed by atoms with Gasteiger partial charge in [-0.05, 0) is 58.7 Å². The first-order chi connectivity index (χ1) is 9.93. The molecule has 0 fully saturated rings. The van der Waals surface area contributed by atoms with E-state index in [0.29, 0.717) is 15.8 Å². The first kappa shape index (κ1) is 15.2. The van der Waals surface area contributed by atoms with Crippen LogP contribution in [0.15, 0.2) is 40.9 Å². The summed E-state index contributed by atoms with van der Waals surface area (Å²) in [4.78, 5) is 22.8. The highest BCUT2D eigenvalue weighted by atomic mass is 79.9. The van der Waals surface area contributed by atoms with Crippen LogP contribution in [0.3, 0.4) is 0 Å². The van der Waals surface area contributed by atoms with Gasteiger partial charge in [0.15, 0.2) is 5.78 Å². The standard InChI is InChI=1S/C15H12BrNO4/c1-9-7-10(4-6-14(9)21-2)15(18)11-3-5-12(16)13(8-11)17(19)20/h3-8H,1-2H3. The SMILES string of the molecule is COc1ccc(C(=O)c2ccc(Br)c([N+](=O)[O-])c2)cc1C. The van der Waals surface area contributed by atoms with Crippen molar-refractivity contribution in [1.29, 1.82) is 0 Å². The number of ketones is 1. The summed E-state index contributed by atoms with van der Waals surface area (Å²) in [6.07, 6.45) is 0. The number of hydrogen-bond donors (Lipinski definition) is 0. The van der Waals surface area contributed by atoms with E-state index < -0.39 is 4.92 Å². The van der Waals surface area contributed by atoms with Crippen molar-refractivity contribution in [2.45, 2.75) is 6.92 Å². The quantitative estimate of drug-likeness (QED) is 0.476. The highest BCUT2D eigenvalue weighted by Crippen LogP contribution is 2.27. The molecular formula is C15H12BrNO4. The van der Waals surface area contributed by atoms with Crippen LogP contribution >= 0.6 is 15.9 Å². The average molecular weight is 350 g/mol. The molecular weight excluding hydrogens is 338 g/mol. The molecule has 2 aromatic rings. The van der Waals surface area contributed by atoms with Gasteiger partial charge in [0.2, 0.25) is 0 Å². The van der Waals surface area contributed by atoms with E-state index >= 15 is 0 Å². The Kier molecular flexibility index (Phi) is 4.37. The van der Waals surface area contributed by atoms with E-state index in [1.54, 1.807) is 31.4 Å². The third kappa shape index (κ3) is 3.11. The Morgan fingerprint density at radius 2 is 1.81 bits per heavy atom. The second-order valence-electron chi connectivity index (χ2n) is 4.44. The maximum absolute atomic E-state index is 12.4. The number of carbonyl (C=O) groups is 1. The van der Waals surface area contributed by atoms with E-state index in [1.807, 2.05) is 6.92 Å². The molecule has 0 aliphatic heterocycles.